The average Bonchev–Trinajstić information content (AvgIpc) is 2.26. The van der Waals surface area contributed by atoms with Crippen molar-refractivity contribution in [1.29, 1.82) is 0 Å². The highest BCUT2D eigenvalue weighted by atomic mass is 35.5. The molecule has 0 aliphatic rings. The minimum Gasteiger partial charge on any atom is -0.362 e. The molecule has 0 saturated carbocycles. The standard InChI is InChI=1S/C11H13Cl2FN2S/c1-2-3-4-15-11(17)16-7-5-8(12)10(14)9(13)6-7/h5-6H,2-4H2,1H3,(H2,15,16,17). The molecule has 1 aromatic carbocycles. The number of thiocarbonyl (C=S) groups is 1. The molecule has 0 heterocycles. The molecule has 94 valence electrons. The minimum atomic E-state index is -0.622. The van der Waals surface area contributed by atoms with Crippen LogP contribution in [0, 0.1) is 5.82 Å². The van der Waals surface area contributed by atoms with E-state index in [9.17, 15) is 4.39 Å². The van der Waals surface area contributed by atoms with Gasteiger partial charge in [-0.1, -0.05) is 36.5 Å². The molecular formula is C11H13Cl2FN2S. The molecule has 1 aromatic rings. The minimum absolute atomic E-state index is 0.0311. The first-order chi connectivity index (χ1) is 8.04. The van der Waals surface area contributed by atoms with Crippen molar-refractivity contribution in [3.8, 4) is 0 Å². The molecule has 0 saturated heterocycles. The lowest BCUT2D eigenvalue weighted by Gasteiger charge is -2.11. The predicted molar refractivity (Wildman–Crippen MR) is 75.6 cm³/mol. The Bertz CT molecular complexity index is 389. The van der Waals surface area contributed by atoms with E-state index in [1.807, 2.05) is 0 Å². The van der Waals surface area contributed by atoms with Crippen LogP contribution in [0.2, 0.25) is 10.0 Å². The summed E-state index contributed by atoms with van der Waals surface area (Å²) in [6.45, 7) is 2.89. The predicted octanol–water partition coefficient (Wildman–Crippen LogP) is 4.22. The molecule has 0 aliphatic heterocycles. The number of hydrogen-bond acceptors (Lipinski definition) is 1. The number of anilines is 1. The van der Waals surface area contributed by atoms with Gasteiger partial charge < -0.3 is 10.6 Å². The first-order valence-corrected chi connectivity index (χ1v) is 6.40. The smallest absolute Gasteiger partial charge is 0.170 e. The lowest BCUT2D eigenvalue weighted by Crippen LogP contribution is -2.29. The summed E-state index contributed by atoms with van der Waals surface area (Å²) >= 11 is 16.4. The molecule has 0 aliphatic carbocycles. The van der Waals surface area contributed by atoms with Crippen LogP contribution >= 0.6 is 35.4 Å². The van der Waals surface area contributed by atoms with E-state index in [-0.39, 0.29) is 10.0 Å². The van der Waals surface area contributed by atoms with E-state index < -0.39 is 5.82 Å². The molecule has 2 N–H and O–H groups in total. The van der Waals surface area contributed by atoms with Gasteiger partial charge in [-0.05, 0) is 30.8 Å². The van der Waals surface area contributed by atoms with Crippen molar-refractivity contribution >= 4 is 46.2 Å². The second-order valence-corrected chi connectivity index (χ2v) is 4.71. The summed E-state index contributed by atoms with van der Waals surface area (Å²) in [5.41, 5.74) is 0.565. The van der Waals surface area contributed by atoms with Crippen molar-refractivity contribution in [2.45, 2.75) is 19.8 Å². The van der Waals surface area contributed by atoms with Gasteiger partial charge in [0.25, 0.3) is 0 Å². The van der Waals surface area contributed by atoms with Gasteiger partial charge in [-0.2, -0.15) is 0 Å². The Kier molecular flexibility index (Phi) is 5.95. The number of hydrogen-bond donors (Lipinski definition) is 2. The molecule has 17 heavy (non-hydrogen) atoms. The maximum Gasteiger partial charge on any atom is 0.170 e. The van der Waals surface area contributed by atoms with Gasteiger partial charge >= 0.3 is 0 Å². The van der Waals surface area contributed by atoms with Gasteiger partial charge in [-0.15, -0.1) is 0 Å². The van der Waals surface area contributed by atoms with Crippen molar-refractivity contribution in [2.24, 2.45) is 0 Å². The third-order valence-electron chi connectivity index (χ3n) is 2.06. The summed E-state index contributed by atoms with van der Waals surface area (Å²) in [5, 5.41) is 6.33. The summed E-state index contributed by atoms with van der Waals surface area (Å²) < 4.78 is 13.2. The van der Waals surface area contributed by atoms with Crippen LogP contribution in [-0.4, -0.2) is 11.7 Å². The van der Waals surface area contributed by atoms with Crippen LogP contribution in [0.5, 0.6) is 0 Å². The fraction of sp³-hybridized carbons (Fsp3) is 0.364. The van der Waals surface area contributed by atoms with E-state index in [0.717, 1.165) is 19.4 Å². The summed E-state index contributed by atoms with van der Waals surface area (Å²) in [6.07, 6.45) is 2.12. The van der Waals surface area contributed by atoms with Gasteiger partial charge in [-0.3, -0.25) is 0 Å². The largest absolute Gasteiger partial charge is 0.362 e. The summed E-state index contributed by atoms with van der Waals surface area (Å²) in [5.74, 6) is -0.622. The second kappa shape index (κ2) is 6.99. The number of nitrogens with one attached hydrogen (secondary N) is 2. The van der Waals surface area contributed by atoms with Crippen LogP contribution in [-0.2, 0) is 0 Å². The molecule has 0 fully saturated rings. The fourth-order valence-corrected chi connectivity index (χ4v) is 1.89. The lowest BCUT2D eigenvalue weighted by atomic mass is 10.3. The zero-order valence-electron chi connectivity index (χ0n) is 9.32. The molecule has 0 aromatic heterocycles. The molecule has 0 bridgehead atoms. The molecular weight excluding hydrogens is 282 g/mol. The Hall–Kier alpha value is -0.580. The van der Waals surface area contributed by atoms with Crippen molar-refractivity contribution < 1.29 is 4.39 Å². The Labute approximate surface area is 115 Å². The highest BCUT2D eigenvalue weighted by Crippen LogP contribution is 2.27. The first-order valence-electron chi connectivity index (χ1n) is 5.24. The van der Waals surface area contributed by atoms with Gasteiger partial charge in [0.15, 0.2) is 10.9 Å². The Morgan fingerprint density at radius 2 is 1.94 bits per heavy atom. The monoisotopic (exact) mass is 294 g/mol. The van der Waals surface area contributed by atoms with E-state index in [1.54, 1.807) is 0 Å². The maximum atomic E-state index is 13.2. The third-order valence-corrected chi connectivity index (χ3v) is 2.85. The topological polar surface area (TPSA) is 24.1 Å². The van der Waals surface area contributed by atoms with E-state index in [1.165, 1.54) is 12.1 Å². The van der Waals surface area contributed by atoms with E-state index in [2.05, 4.69) is 17.6 Å². The highest BCUT2D eigenvalue weighted by molar-refractivity contribution is 7.80. The normalized spacial score (nSPS) is 10.1. The summed E-state index contributed by atoms with van der Waals surface area (Å²) in [6, 6.07) is 2.88. The molecule has 0 atom stereocenters. The lowest BCUT2D eigenvalue weighted by molar-refractivity contribution is 0.629. The van der Waals surface area contributed by atoms with Gasteiger partial charge in [0.1, 0.15) is 0 Å². The number of unbranched alkanes of at least 4 members (excludes halogenated alkanes) is 1. The van der Waals surface area contributed by atoms with E-state index in [0.29, 0.717) is 10.8 Å². The zero-order chi connectivity index (χ0) is 12.8. The van der Waals surface area contributed by atoms with Crippen molar-refractivity contribution in [1.82, 2.24) is 5.32 Å². The van der Waals surface area contributed by atoms with Crippen LogP contribution in [0.4, 0.5) is 10.1 Å². The van der Waals surface area contributed by atoms with E-state index in [4.69, 9.17) is 35.4 Å². The summed E-state index contributed by atoms with van der Waals surface area (Å²) in [7, 11) is 0. The summed E-state index contributed by atoms with van der Waals surface area (Å²) in [4.78, 5) is 0. The zero-order valence-corrected chi connectivity index (χ0v) is 11.6. The molecule has 0 unspecified atom stereocenters. The number of rotatable bonds is 4. The van der Waals surface area contributed by atoms with Crippen LogP contribution in [0.15, 0.2) is 12.1 Å². The molecule has 1 rings (SSSR count). The SMILES string of the molecule is CCCCNC(=S)Nc1cc(Cl)c(F)c(Cl)c1. The van der Waals surface area contributed by atoms with Gasteiger partial charge in [-0.25, -0.2) is 4.39 Å². The number of halogens is 3. The van der Waals surface area contributed by atoms with Crippen LogP contribution in [0.1, 0.15) is 19.8 Å². The molecule has 0 spiro atoms. The Morgan fingerprint density at radius 1 is 1.35 bits per heavy atom. The molecule has 6 heteroatoms. The maximum absolute atomic E-state index is 13.2. The van der Waals surface area contributed by atoms with Gasteiger partial charge in [0.2, 0.25) is 0 Å². The second-order valence-electron chi connectivity index (χ2n) is 3.49. The Balaban J connectivity index is 2.60. The average molecular weight is 295 g/mol. The third kappa shape index (κ3) is 4.66. The van der Waals surface area contributed by atoms with Crippen LogP contribution < -0.4 is 10.6 Å². The van der Waals surface area contributed by atoms with Crippen LogP contribution in [0.3, 0.4) is 0 Å². The Morgan fingerprint density at radius 3 is 2.47 bits per heavy atom. The van der Waals surface area contributed by atoms with Crippen molar-refractivity contribution in [3.63, 3.8) is 0 Å². The molecule has 2 nitrogen and oxygen atoms in total. The van der Waals surface area contributed by atoms with E-state index >= 15 is 0 Å². The van der Waals surface area contributed by atoms with Gasteiger partial charge in [0, 0.05) is 12.2 Å². The first kappa shape index (κ1) is 14.5. The number of benzene rings is 1. The molecule has 0 radical (unpaired) electrons. The van der Waals surface area contributed by atoms with Crippen LogP contribution in [0.25, 0.3) is 0 Å². The quantitative estimate of drug-likeness (QED) is 0.494. The van der Waals surface area contributed by atoms with Crippen molar-refractivity contribution in [3.05, 3.63) is 28.0 Å². The van der Waals surface area contributed by atoms with Crippen molar-refractivity contribution in [2.75, 3.05) is 11.9 Å². The van der Waals surface area contributed by atoms with Gasteiger partial charge in [0.05, 0.1) is 10.0 Å². The highest BCUT2D eigenvalue weighted by Gasteiger charge is 2.08. The fourth-order valence-electron chi connectivity index (χ4n) is 1.18. The molecule has 0 amide bonds.